The lowest BCUT2D eigenvalue weighted by Gasteiger charge is -2.48. The van der Waals surface area contributed by atoms with Crippen molar-refractivity contribution in [3.63, 3.8) is 0 Å². The zero-order valence-electron chi connectivity index (χ0n) is 13.5. The summed E-state index contributed by atoms with van der Waals surface area (Å²) in [4.78, 5) is 2.88. The van der Waals surface area contributed by atoms with Gasteiger partial charge >= 0.3 is 0 Å². The van der Waals surface area contributed by atoms with Gasteiger partial charge in [0, 0.05) is 31.2 Å². The van der Waals surface area contributed by atoms with Crippen LogP contribution in [0.3, 0.4) is 0 Å². The summed E-state index contributed by atoms with van der Waals surface area (Å²) < 4.78 is 0. The molecule has 112 valence electrons. The van der Waals surface area contributed by atoms with Gasteiger partial charge in [0.05, 0.1) is 0 Å². The highest BCUT2D eigenvalue weighted by Crippen LogP contribution is 2.31. The van der Waals surface area contributed by atoms with Gasteiger partial charge in [0.1, 0.15) is 0 Å². The third kappa shape index (κ3) is 3.95. The normalized spacial score (nSPS) is 37.7. The Balaban J connectivity index is 2.00. The van der Waals surface area contributed by atoms with E-state index in [1.807, 2.05) is 0 Å². The van der Waals surface area contributed by atoms with Gasteiger partial charge in [0.25, 0.3) is 0 Å². The van der Waals surface area contributed by atoms with E-state index in [0.29, 0.717) is 0 Å². The van der Waals surface area contributed by atoms with E-state index in [2.05, 4.69) is 37.9 Å². The average molecular weight is 266 g/mol. The second-order valence-electron chi connectivity index (χ2n) is 7.32. The number of piperazine rings is 1. The first-order valence-electron chi connectivity index (χ1n) is 8.61. The van der Waals surface area contributed by atoms with E-state index in [4.69, 9.17) is 0 Å². The minimum absolute atomic E-state index is 0.719. The number of nitrogens with one attached hydrogen (secondary N) is 1. The minimum atomic E-state index is 0.719. The Morgan fingerprint density at radius 3 is 2.58 bits per heavy atom. The van der Waals surface area contributed by atoms with Crippen molar-refractivity contribution in [3.8, 4) is 0 Å². The van der Waals surface area contributed by atoms with Crippen LogP contribution >= 0.6 is 0 Å². The Bertz CT molecular complexity index is 264. The van der Waals surface area contributed by atoms with Crippen molar-refractivity contribution in [2.24, 2.45) is 11.8 Å². The SMILES string of the molecule is CCC1CNC(CC(C)C)CN1C1CCCCC1C. The van der Waals surface area contributed by atoms with E-state index in [0.717, 1.165) is 30.0 Å². The molecule has 19 heavy (non-hydrogen) atoms. The number of hydrogen-bond donors (Lipinski definition) is 1. The third-order valence-corrected chi connectivity index (χ3v) is 5.26. The van der Waals surface area contributed by atoms with Gasteiger partial charge in [0.2, 0.25) is 0 Å². The van der Waals surface area contributed by atoms with Crippen LogP contribution in [0.1, 0.15) is 66.2 Å². The van der Waals surface area contributed by atoms with Crippen LogP contribution in [0.2, 0.25) is 0 Å². The molecule has 1 aliphatic carbocycles. The Morgan fingerprint density at radius 2 is 1.95 bits per heavy atom. The number of hydrogen-bond acceptors (Lipinski definition) is 2. The Morgan fingerprint density at radius 1 is 1.21 bits per heavy atom. The summed E-state index contributed by atoms with van der Waals surface area (Å²) in [5, 5.41) is 3.79. The molecule has 0 aromatic heterocycles. The summed E-state index contributed by atoms with van der Waals surface area (Å²) >= 11 is 0. The van der Waals surface area contributed by atoms with E-state index < -0.39 is 0 Å². The molecule has 4 unspecified atom stereocenters. The maximum atomic E-state index is 3.79. The summed E-state index contributed by atoms with van der Waals surface area (Å²) in [6, 6.07) is 2.35. The predicted molar refractivity (Wildman–Crippen MR) is 83.5 cm³/mol. The van der Waals surface area contributed by atoms with E-state index >= 15 is 0 Å². The van der Waals surface area contributed by atoms with Crippen molar-refractivity contribution in [2.75, 3.05) is 13.1 Å². The zero-order chi connectivity index (χ0) is 13.8. The topological polar surface area (TPSA) is 15.3 Å². The Labute approximate surface area is 120 Å². The van der Waals surface area contributed by atoms with Gasteiger partial charge in [-0.05, 0) is 37.5 Å². The lowest BCUT2D eigenvalue weighted by atomic mass is 9.83. The smallest absolute Gasteiger partial charge is 0.0221 e. The largest absolute Gasteiger partial charge is 0.311 e. The molecule has 0 bridgehead atoms. The fourth-order valence-corrected chi connectivity index (χ4v) is 4.19. The summed E-state index contributed by atoms with van der Waals surface area (Å²) in [5.74, 6) is 1.71. The molecule has 1 N–H and O–H groups in total. The Kier molecular flexibility index (Phi) is 5.70. The summed E-state index contributed by atoms with van der Waals surface area (Å²) in [7, 11) is 0. The summed E-state index contributed by atoms with van der Waals surface area (Å²) in [6.45, 7) is 12.0. The molecular weight excluding hydrogens is 232 g/mol. The molecule has 4 atom stereocenters. The second kappa shape index (κ2) is 7.08. The molecule has 2 nitrogen and oxygen atoms in total. The van der Waals surface area contributed by atoms with Gasteiger partial charge in [-0.1, -0.05) is 40.5 Å². The molecule has 0 aromatic carbocycles. The molecule has 1 heterocycles. The van der Waals surface area contributed by atoms with Crippen LogP contribution in [-0.4, -0.2) is 36.1 Å². The first kappa shape index (κ1) is 15.3. The fraction of sp³-hybridized carbons (Fsp3) is 1.00. The molecule has 1 aliphatic heterocycles. The van der Waals surface area contributed by atoms with Crippen LogP contribution in [0.5, 0.6) is 0 Å². The minimum Gasteiger partial charge on any atom is -0.311 e. The van der Waals surface area contributed by atoms with Crippen LogP contribution < -0.4 is 5.32 Å². The van der Waals surface area contributed by atoms with E-state index in [9.17, 15) is 0 Å². The van der Waals surface area contributed by atoms with Crippen LogP contribution in [-0.2, 0) is 0 Å². The molecule has 0 spiro atoms. The van der Waals surface area contributed by atoms with Gasteiger partial charge in [-0.25, -0.2) is 0 Å². The van der Waals surface area contributed by atoms with E-state index in [1.54, 1.807) is 0 Å². The molecule has 2 rings (SSSR count). The quantitative estimate of drug-likeness (QED) is 0.835. The molecule has 2 aliphatic rings. The lowest BCUT2D eigenvalue weighted by Crippen LogP contribution is -2.61. The molecule has 2 heteroatoms. The van der Waals surface area contributed by atoms with Crippen LogP contribution in [0.15, 0.2) is 0 Å². The molecule has 0 amide bonds. The van der Waals surface area contributed by atoms with Gasteiger partial charge in [-0.2, -0.15) is 0 Å². The lowest BCUT2D eigenvalue weighted by molar-refractivity contribution is 0.0302. The maximum Gasteiger partial charge on any atom is 0.0221 e. The first-order chi connectivity index (χ1) is 9.11. The van der Waals surface area contributed by atoms with Crippen molar-refractivity contribution < 1.29 is 0 Å². The summed E-state index contributed by atoms with van der Waals surface area (Å²) in [5.41, 5.74) is 0. The van der Waals surface area contributed by atoms with E-state index in [-0.39, 0.29) is 0 Å². The van der Waals surface area contributed by atoms with Crippen LogP contribution in [0.25, 0.3) is 0 Å². The molecule has 1 saturated carbocycles. The maximum absolute atomic E-state index is 3.79. The number of rotatable bonds is 4. The third-order valence-electron chi connectivity index (χ3n) is 5.26. The van der Waals surface area contributed by atoms with Crippen molar-refractivity contribution in [2.45, 2.75) is 84.3 Å². The van der Waals surface area contributed by atoms with Crippen molar-refractivity contribution in [1.82, 2.24) is 10.2 Å². The van der Waals surface area contributed by atoms with Gasteiger partial charge < -0.3 is 5.32 Å². The standard InChI is InChI=1S/C17H34N2/c1-5-16-11-18-15(10-13(2)3)12-19(16)17-9-7-6-8-14(17)4/h13-18H,5-12H2,1-4H3. The zero-order valence-corrected chi connectivity index (χ0v) is 13.5. The van der Waals surface area contributed by atoms with Gasteiger partial charge in [0.15, 0.2) is 0 Å². The monoisotopic (exact) mass is 266 g/mol. The second-order valence-corrected chi connectivity index (χ2v) is 7.32. The molecular formula is C17H34N2. The van der Waals surface area contributed by atoms with Crippen molar-refractivity contribution in [3.05, 3.63) is 0 Å². The molecule has 1 saturated heterocycles. The van der Waals surface area contributed by atoms with E-state index in [1.165, 1.54) is 51.6 Å². The van der Waals surface area contributed by atoms with Crippen LogP contribution in [0, 0.1) is 11.8 Å². The highest BCUT2D eigenvalue weighted by Gasteiger charge is 2.35. The first-order valence-corrected chi connectivity index (χ1v) is 8.61. The van der Waals surface area contributed by atoms with Gasteiger partial charge in [-0.15, -0.1) is 0 Å². The molecule has 0 aromatic rings. The Hall–Kier alpha value is -0.0800. The highest BCUT2D eigenvalue weighted by atomic mass is 15.3. The average Bonchev–Trinajstić information content (AvgIpc) is 2.38. The summed E-state index contributed by atoms with van der Waals surface area (Å²) in [6.07, 6.45) is 8.41. The van der Waals surface area contributed by atoms with Gasteiger partial charge in [-0.3, -0.25) is 4.90 Å². The van der Waals surface area contributed by atoms with Crippen molar-refractivity contribution >= 4 is 0 Å². The predicted octanol–water partition coefficient (Wildman–Crippen LogP) is 3.66. The van der Waals surface area contributed by atoms with Crippen LogP contribution in [0.4, 0.5) is 0 Å². The van der Waals surface area contributed by atoms with Crippen molar-refractivity contribution in [1.29, 1.82) is 0 Å². The highest BCUT2D eigenvalue weighted by molar-refractivity contribution is 4.92. The molecule has 2 fully saturated rings. The fourth-order valence-electron chi connectivity index (χ4n) is 4.19. The number of nitrogens with zero attached hydrogens (tertiary/aromatic N) is 1. The molecule has 0 radical (unpaired) electrons.